The Morgan fingerprint density at radius 3 is 2.41 bits per heavy atom. The van der Waals surface area contributed by atoms with E-state index in [0.717, 1.165) is 11.3 Å². The first-order valence-electron chi connectivity index (χ1n) is 6.93. The van der Waals surface area contributed by atoms with E-state index in [2.05, 4.69) is 0 Å². The first-order chi connectivity index (χ1) is 10.4. The van der Waals surface area contributed by atoms with Crippen molar-refractivity contribution in [1.82, 2.24) is 4.90 Å². The SMILES string of the molecule is CN(Cc1cccc(N(C)C)c1)C(=O)c1cccc(O)c1O. The number of carbonyl (C=O) groups is 1. The number of rotatable bonds is 4. The molecule has 116 valence electrons. The van der Waals surface area contributed by atoms with Crippen molar-refractivity contribution in [2.45, 2.75) is 6.54 Å². The summed E-state index contributed by atoms with van der Waals surface area (Å²) in [4.78, 5) is 15.9. The number of phenols is 2. The zero-order valence-corrected chi connectivity index (χ0v) is 12.9. The highest BCUT2D eigenvalue weighted by atomic mass is 16.3. The van der Waals surface area contributed by atoms with E-state index >= 15 is 0 Å². The fourth-order valence-electron chi connectivity index (χ4n) is 2.19. The summed E-state index contributed by atoms with van der Waals surface area (Å²) >= 11 is 0. The van der Waals surface area contributed by atoms with Gasteiger partial charge < -0.3 is 20.0 Å². The number of benzene rings is 2. The summed E-state index contributed by atoms with van der Waals surface area (Å²) in [6.45, 7) is 0.412. The highest BCUT2D eigenvalue weighted by Gasteiger charge is 2.18. The van der Waals surface area contributed by atoms with Gasteiger partial charge in [0.05, 0.1) is 5.56 Å². The molecule has 5 heteroatoms. The van der Waals surface area contributed by atoms with E-state index in [1.54, 1.807) is 7.05 Å². The van der Waals surface area contributed by atoms with Gasteiger partial charge >= 0.3 is 0 Å². The number of nitrogens with zero attached hydrogens (tertiary/aromatic N) is 2. The van der Waals surface area contributed by atoms with Crippen molar-refractivity contribution in [1.29, 1.82) is 0 Å². The van der Waals surface area contributed by atoms with E-state index in [-0.39, 0.29) is 23.0 Å². The minimum Gasteiger partial charge on any atom is -0.504 e. The van der Waals surface area contributed by atoms with E-state index in [4.69, 9.17) is 0 Å². The normalized spacial score (nSPS) is 10.3. The van der Waals surface area contributed by atoms with Gasteiger partial charge in [-0.25, -0.2) is 0 Å². The molecule has 2 N–H and O–H groups in total. The number of hydrogen-bond acceptors (Lipinski definition) is 4. The van der Waals surface area contributed by atoms with Crippen LogP contribution in [0.15, 0.2) is 42.5 Å². The zero-order chi connectivity index (χ0) is 16.3. The van der Waals surface area contributed by atoms with E-state index in [0.29, 0.717) is 6.54 Å². The van der Waals surface area contributed by atoms with Crippen LogP contribution in [0.2, 0.25) is 0 Å². The van der Waals surface area contributed by atoms with Crippen molar-refractivity contribution in [2.24, 2.45) is 0 Å². The van der Waals surface area contributed by atoms with Gasteiger partial charge in [0.15, 0.2) is 11.5 Å². The summed E-state index contributed by atoms with van der Waals surface area (Å²) in [5.41, 5.74) is 2.13. The molecule has 0 fully saturated rings. The molecular formula is C17H20N2O3. The van der Waals surface area contributed by atoms with Gasteiger partial charge in [0.1, 0.15) is 0 Å². The van der Waals surface area contributed by atoms with Gasteiger partial charge in [0.25, 0.3) is 5.91 Å². The minimum atomic E-state index is -0.388. The number of aromatic hydroxyl groups is 2. The second kappa shape index (κ2) is 6.39. The summed E-state index contributed by atoms with van der Waals surface area (Å²) in [7, 11) is 5.58. The molecule has 0 aliphatic rings. The molecule has 0 saturated heterocycles. The average Bonchev–Trinajstić information content (AvgIpc) is 2.49. The Morgan fingerprint density at radius 2 is 1.73 bits per heavy atom. The van der Waals surface area contributed by atoms with Crippen LogP contribution in [-0.4, -0.2) is 42.2 Å². The lowest BCUT2D eigenvalue weighted by Crippen LogP contribution is -2.26. The summed E-state index contributed by atoms with van der Waals surface area (Å²) in [5.74, 6) is -1.03. The highest BCUT2D eigenvalue weighted by Crippen LogP contribution is 2.29. The second-order valence-corrected chi connectivity index (χ2v) is 5.40. The van der Waals surface area contributed by atoms with Crippen LogP contribution in [0, 0.1) is 0 Å². The maximum atomic E-state index is 12.4. The number of hydrogen-bond donors (Lipinski definition) is 2. The number of carbonyl (C=O) groups excluding carboxylic acids is 1. The molecule has 2 aromatic carbocycles. The summed E-state index contributed by atoms with van der Waals surface area (Å²) < 4.78 is 0. The third kappa shape index (κ3) is 3.31. The number of amides is 1. The van der Waals surface area contributed by atoms with Gasteiger partial charge in [-0.3, -0.25) is 4.79 Å². The molecule has 0 aromatic heterocycles. The first kappa shape index (κ1) is 15.7. The molecule has 1 amide bonds. The lowest BCUT2D eigenvalue weighted by molar-refractivity contribution is 0.0781. The lowest BCUT2D eigenvalue weighted by atomic mass is 10.1. The van der Waals surface area contributed by atoms with Gasteiger partial charge in [0.2, 0.25) is 0 Å². The van der Waals surface area contributed by atoms with Gasteiger partial charge in [0, 0.05) is 33.4 Å². The van der Waals surface area contributed by atoms with Crippen LogP contribution >= 0.6 is 0 Å². The van der Waals surface area contributed by atoms with Gasteiger partial charge in [-0.15, -0.1) is 0 Å². The van der Waals surface area contributed by atoms with Crippen molar-refractivity contribution in [3.05, 3.63) is 53.6 Å². The molecule has 0 saturated carbocycles. The second-order valence-electron chi connectivity index (χ2n) is 5.40. The standard InChI is InChI=1S/C17H20N2O3/c1-18(2)13-7-4-6-12(10-13)11-19(3)17(22)14-8-5-9-15(20)16(14)21/h4-10,20-21H,11H2,1-3H3. The van der Waals surface area contributed by atoms with Crippen LogP contribution in [0.4, 0.5) is 5.69 Å². The smallest absolute Gasteiger partial charge is 0.257 e. The van der Waals surface area contributed by atoms with Crippen LogP contribution < -0.4 is 4.90 Å². The van der Waals surface area contributed by atoms with Gasteiger partial charge in [-0.1, -0.05) is 18.2 Å². The molecule has 2 rings (SSSR count). The zero-order valence-electron chi connectivity index (χ0n) is 12.9. The topological polar surface area (TPSA) is 64.0 Å². The Kier molecular flexibility index (Phi) is 4.56. The molecular weight excluding hydrogens is 280 g/mol. The molecule has 0 bridgehead atoms. The molecule has 0 atom stereocenters. The fourth-order valence-corrected chi connectivity index (χ4v) is 2.19. The number of para-hydroxylation sites is 1. The molecule has 2 aromatic rings. The van der Waals surface area contributed by atoms with Crippen molar-refractivity contribution >= 4 is 11.6 Å². The third-order valence-electron chi connectivity index (χ3n) is 3.44. The Hall–Kier alpha value is -2.69. The third-order valence-corrected chi connectivity index (χ3v) is 3.44. The molecule has 0 radical (unpaired) electrons. The molecule has 0 aliphatic heterocycles. The predicted molar refractivity (Wildman–Crippen MR) is 86.3 cm³/mol. The van der Waals surface area contributed by atoms with Crippen LogP contribution in [0.1, 0.15) is 15.9 Å². The molecule has 22 heavy (non-hydrogen) atoms. The Bertz CT molecular complexity index is 683. The van der Waals surface area contributed by atoms with Crippen LogP contribution in [0.3, 0.4) is 0 Å². The Balaban J connectivity index is 2.18. The fraction of sp³-hybridized carbons (Fsp3) is 0.235. The van der Waals surface area contributed by atoms with E-state index in [1.807, 2.05) is 43.3 Å². The van der Waals surface area contributed by atoms with E-state index in [1.165, 1.54) is 23.1 Å². The maximum Gasteiger partial charge on any atom is 0.257 e. The van der Waals surface area contributed by atoms with Crippen LogP contribution in [0.25, 0.3) is 0 Å². The van der Waals surface area contributed by atoms with Crippen molar-refractivity contribution in [3.8, 4) is 11.5 Å². The Labute approximate surface area is 130 Å². The Morgan fingerprint density at radius 1 is 1.05 bits per heavy atom. The lowest BCUT2D eigenvalue weighted by Gasteiger charge is -2.20. The summed E-state index contributed by atoms with van der Waals surface area (Å²) in [6.07, 6.45) is 0. The average molecular weight is 300 g/mol. The summed E-state index contributed by atoms with van der Waals surface area (Å²) in [5, 5.41) is 19.3. The summed E-state index contributed by atoms with van der Waals surface area (Å²) in [6, 6.07) is 12.2. The quantitative estimate of drug-likeness (QED) is 0.851. The van der Waals surface area contributed by atoms with Gasteiger partial charge in [-0.2, -0.15) is 0 Å². The maximum absolute atomic E-state index is 12.4. The van der Waals surface area contributed by atoms with Crippen LogP contribution in [0.5, 0.6) is 11.5 Å². The molecule has 0 aliphatic carbocycles. The largest absolute Gasteiger partial charge is 0.504 e. The van der Waals surface area contributed by atoms with Crippen molar-refractivity contribution in [2.75, 3.05) is 26.0 Å². The van der Waals surface area contributed by atoms with Gasteiger partial charge in [-0.05, 0) is 29.8 Å². The van der Waals surface area contributed by atoms with Crippen molar-refractivity contribution in [3.63, 3.8) is 0 Å². The number of anilines is 1. The molecule has 0 unspecified atom stereocenters. The van der Waals surface area contributed by atoms with E-state index < -0.39 is 0 Å². The number of phenolic OH excluding ortho intramolecular Hbond substituents is 2. The van der Waals surface area contributed by atoms with Crippen molar-refractivity contribution < 1.29 is 15.0 Å². The highest BCUT2D eigenvalue weighted by molar-refractivity contribution is 5.97. The molecule has 0 heterocycles. The first-order valence-corrected chi connectivity index (χ1v) is 6.93. The minimum absolute atomic E-state index is 0.0891. The molecule has 5 nitrogen and oxygen atoms in total. The monoisotopic (exact) mass is 300 g/mol. The van der Waals surface area contributed by atoms with E-state index in [9.17, 15) is 15.0 Å². The van der Waals surface area contributed by atoms with Crippen LogP contribution in [-0.2, 0) is 6.54 Å². The molecule has 0 spiro atoms. The predicted octanol–water partition coefficient (Wildman–Crippen LogP) is 2.44.